The van der Waals surface area contributed by atoms with Crippen molar-refractivity contribution in [3.05, 3.63) is 65.5 Å². The molecule has 1 aliphatic rings. The lowest BCUT2D eigenvalue weighted by molar-refractivity contribution is -0.142. The van der Waals surface area contributed by atoms with Crippen LogP contribution in [0.1, 0.15) is 43.7 Å². The van der Waals surface area contributed by atoms with Crippen molar-refractivity contribution >= 4 is 11.8 Å². The van der Waals surface area contributed by atoms with Gasteiger partial charge in [0.15, 0.2) is 6.61 Å². The molecule has 0 bridgehead atoms. The fraction of sp³-hybridized carbons (Fsp3) is 0.417. The standard InChI is InChI=1S/C24H29FN2O3/c1-17-7-9-19(10-8-17)15-27(18(2)24(29)26-21-5-3-4-6-21)23(28)16-30-22-13-11-20(25)12-14-22/h7-14,18,21H,3-6,15-16H2,1-2H3,(H,26,29)/t18-/m0/s1. The molecule has 0 saturated heterocycles. The number of nitrogens with one attached hydrogen (secondary N) is 1. The molecule has 2 aromatic carbocycles. The first-order valence-corrected chi connectivity index (χ1v) is 10.5. The second kappa shape index (κ2) is 10.2. The van der Waals surface area contributed by atoms with Gasteiger partial charge in [-0.15, -0.1) is 0 Å². The molecule has 1 saturated carbocycles. The number of benzene rings is 2. The minimum absolute atomic E-state index is 0.149. The number of aryl methyl sites for hydroxylation is 1. The summed E-state index contributed by atoms with van der Waals surface area (Å²) in [6.45, 7) is 3.83. The van der Waals surface area contributed by atoms with E-state index in [-0.39, 0.29) is 30.3 Å². The lowest BCUT2D eigenvalue weighted by Gasteiger charge is -2.29. The third-order valence-electron chi connectivity index (χ3n) is 5.52. The van der Waals surface area contributed by atoms with E-state index in [4.69, 9.17) is 4.74 Å². The molecule has 1 atom stereocenters. The molecule has 0 aliphatic heterocycles. The van der Waals surface area contributed by atoms with E-state index in [9.17, 15) is 14.0 Å². The number of nitrogens with zero attached hydrogens (tertiary/aromatic N) is 1. The summed E-state index contributed by atoms with van der Waals surface area (Å²) in [7, 11) is 0. The molecule has 1 N–H and O–H groups in total. The van der Waals surface area contributed by atoms with Crippen LogP contribution in [0, 0.1) is 12.7 Å². The molecule has 6 heteroatoms. The summed E-state index contributed by atoms with van der Waals surface area (Å²) in [4.78, 5) is 27.3. The molecule has 0 spiro atoms. The normalized spacial score (nSPS) is 14.9. The summed E-state index contributed by atoms with van der Waals surface area (Å²) >= 11 is 0. The van der Waals surface area contributed by atoms with Crippen molar-refractivity contribution in [2.75, 3.05) is 6.61 Å². The molecule has 1 fully saturated rings. The van der Waals surface area contributed by atoms with E-state index in [0.29, 0.717) is 12.3 Å². The molecule has 2 amide bonds. The Morgan fingerprint density at radius 2 is 1.73 bits per heavy atom. The van der Waals surface area contributed by atoms with Crippen molar-refractivity contribution in [2.24, 2.45) is 0 Å². The SMILES string of the molecule is Cc1ccc(CN(C(=O)COc2ccc(F)cc2)[C@@H](C)C(=O)NC2CCCC2)cc1. The number of halogens is 1. The van der Waals surface area contributed by atoms with Gasteiger partial charge in [0.25, 0.3) is 5.91 Å². The predicted molar refractivity (Wildman–Crippen MR) is 113 cm³/mol. The van der Waals surface area contributed by atoms with Gasteiger partial charge in [-0.05, 0) is 56.5 Å². The lowest BCUT2D eigenvalue weighted by atomic mass is 10.1. The van der Waals surface area contributed by atoms with Gasteiger partial charge in [0.1, 0.15) is 17.6 Å². The average molecular weight is 413 g/mol. The molecule has 160 valence electrons. The maximum absolute atomic E-state index is 13.1. The second-order valence-corrected chi connectivity index (χ2v) is 7.92. The van der Waals surface area contributed by atoms with Crippen LogP contribution in [0.5, 0.6) is 5.75 Å². The monoisotopic (exact) mass is 412 g/mol. The van der Waals surface area contributed by atoms with Crippen LogP contribution >= 0.6 is 0 Å². The van der Waals surface area contributed by atoms with Crippen LogP contribution in [0.2, 0.25) is 0 Å². The number of carbonyl (C=O) groups excluding carboxylic acids is 2. The molecular formula is C24H29FN2O3. The van der Waals surface area contributed by atoms with Crippen LogP contribution in [0.4, 0.5) is 4.39 Å². The van der Waals surface area contributed by atoms with Crippen molar-refractivity contribution in [3.63, 3.8) is 0 Å². The van der Waals surface area contributed by atoms with Gasteiger partial charge in [-0.1, -0.05) is 42.7 Å². The number of ether oxygens (including phenoxy) is 1. The molecular weight excluding hydrogens is 383 g/mol. The summed E-state index contributed by atoms with van der Waals surface area (Å²) in [5.41, 5.74) is 2.07. The number of hydrogen-bond acceptors (Lipinski definition) is 3. The van der Waals surface area contributed by atoms with Crippen molar-refractivity contribution in [3.8, 4) is 5.75 Å². The van der Waals surface area contributed by atoms with Crippen molar-refractivity contribution in [2.45, 2.75) is 58.2 Å². The summed E-state index contributed by atoms with van der Waals surface area (Å²) < 4.78 is 18.6. The van der Waals surface area contributed by atoms with E-state index in [1.165, 1.54) is 24.3 Å². The van der Waals surface area contributed by atoms with Crippen LogP contribution in [0.15, 0.2) is 48.5 Å². The Balaban J connectivity index is 1.69. The number of amides is 2. The molecule has 0 aromatic heterocycles. The van der Waals surface area contributed by atoms with Gasteiger partial charge in [-0.2, -0.15) is 0 Å². The topological polar surface area (TPSA) is 58.6 Å². The third kappa shape index (κ3) is 6.05. The van der Waals surface area contributed by atoms with Gasteiger partial charge in [-0.25, -0.2) is 4.39 Å². The summed E-state index contributed by atoms with van der Waals surface area (Å²) in [5, 5.41) is 3.07. The molecule has 1 aliphatic carbocycles. The van der Waals surface area contributed by atoms with Gasteiger partial charge >= 0.3 is 0 Å². The molecule has 0 heterocycles. The van der Waals surface area contributed by atoms with Gasteiger partial charge in [0.2, 0.25) is 5.91 Å². The number of rotatable bonds is 8. The molecule has 2 aromatic rings. The van der Waals surface area contributed by atoms with Crippen molar-refractivity contribution in [1.29, 1.82) is 0 Å². The zero-order chi connectivity index (χ0) is 21.5. The van der Waals surface area contributed by atoms with Gasteiger partial charge in [0.05, 0.1) is 0 Å². The van der Waals surface area contributed by atoms with Gasteiger partial charge in [-0.3, -0.25) is 9.59 Å². The number of hydrogen-bond donors (Lipinski definition) is 1. The van der Waals surface area contributed by atoms with E-state index >= 15 is 0 Å². The maximum Gasteiger partial charge on any atom is 0.261 e. The van der Waals surface area contributed by atoms with Crippen LogP contribution in [0.25, 0.3) is 0 Å². The highest BCUT2D eigenvalue weighted by Gasteiger charge is 2.28. The fourth-order valence-corrected chi connectivity index (χ4v) is 3.62. The highest BCUT2D eigenvalue weighted by atomic mass is 19.1. The fourth-order valence-electron chi connectivity index (χ4n) is 3.62. The summed E-state index contributed by atoms with van der Waals surface area (Å²) in [6, 6.07) is 12.9. The van der Waals surface area contributed by atoms with E-state index in [0.717, 1.165) is 36.8 Å². The average Bonchev–Trinajstić information content (AvgIpc) is 3.25. The summed E-state index contributed by atoms with van der Waals surface area (Å²) in [5.74, 6) is -0.409. The maximum atomic E-state index is 13.1. The number of carbonyl (C=O) groups is 2. The molecule has 5 nitrogen and oxygen atoms in total. The van der Waals surface area contributed by atoms with Crippen LogP contribution < -0.4 is 10.1 Å². The van der Waals surface area contributed by atoms with E-state index in [2.05, 4.69) is 5.32 Å². The molecule has 30 heavy (non-hydrogen) atoms. The van der Waals surface area contributed by atoms with E-state index in [1.54, 1.807) is 11.8 Å². The zero-order valence-corrected chi connectivity index (χ0v) is 17.6. The summed E-state index contributed by atoms with van der Waals surface area (Å²) in [6.07, 6.45) is 4.21. The van der Waals surface area contributed by atoms with E-state index < -0.39 is 6.04 Å². The second-order valence-electron chi connectivity index (χ2n) is 7.92. The molecule has 0 radical (unpaired) electrons. The third-order valence-corrected chi connectivity index (χ3v) is 5.52. The Hall–Kier alpha value is -2.89. The first kappa shape index (κ1) is 21.8. The zero-order valence-electron chi connectivity index (χ0n) is 17.6. The highest BCUT2D eigenvalue weighted by Crippen LogP contribution is 2.19. The largest absolute Gasteiger partial charge is 0.484 e. The first-order valence-electron chi connectivity index (χ1n) is 10.5. The van der Waals surface area contributed by atoms with Crippen LogP contribution in [0.3, 0.4) is 0 Å². The predicted octanol–water partition coefficient (Wildman–Crippen LogP) is 3.99. The van der Waals surface area contributed by atoms with Gasteiger partial charge in [0, 0.05) is 12.6 Å². The Bertz CT molecular complexity index is 846. The minimum Gasteiger partial charge on any atom is -0.484 e. The van der Waals surface area contributed by atoms with Crippen molar-refractivity contribution in [1.82, 2.24) is 10.2 Å². The first-order chi connectivity index (χ1) is 14.4. The van der Waals surface area contributed by atoms with Gasteiger partial charge < -0.3 is 15.0 Å². The smallest absolute Gasteiger partial charge is 0.261 e. The Labute approximate surface area is 177 Å². The minimum atomic E-state index is -0.628. The van der Waals surface area contributed by atoms with Crippen LogP contribution in [-0.2, 0) is 16.1 Å². The quantitative estimate of drug-likeness (QED) is 0.713. The molecule has 3 rings (SSSR count). The van der Waals surface area contributed by atoms with Crippen molar-refractivity contribution < 1.29 is 18.7 Å². The Morgan fingerprint density at radius 1 is 1.10 bits per heavy atom. The molecule has 0 unspecified atom stereocenters. The lowest BCUT2D eigenvalue weighted by Crippen LogP contribution is -2.50. The van der Waals surface area contributed by atoms with E-state index in [1.807, 2.05) is 31.2 Å². The Kier molecular flexibility index (Phi) is 7.44. The Morgan fingerprint density at radius 3 is 2.37 bits per heavy atom. The van der Waals surface area contributed by atoms with Crippen LogP contribution in [-0.4, -0.2) is 35.4 Å². The highest BCUT2D eigenvalue weighted by molar-refractivity contribution is 5.88.